The first-order valence-corrected chi connectivity index (χ1v) is 6.55. The van der Waals surface area contributed by atoms with Gasteiger partial charge < -0.3 is 21.9 Å². The van der Waals surface area contributed by atoms with Crippen LogP contribution < -0.4 is 16.8 Å². The zero-order chi connectivity index (χ0) is 15.8. The van der Waals surface area contributed by atoms with Gasteiger partial charge >= 0.3 is 5.97 Å². The van der Waals surface area contributed by atoms with E-state index in [-0.39, 0.29) is 12.8 Å². The fraction of sp³-hybridized carbons (Fsp3) is 0.357. The predicted molar refractivity (Wildman–Crippen MR) is 76.5 cm³/mol. The first-order chi connectivity index (χ1) is 9.95. The number of benzene rings is 1. The van der Waals surface area contributed by atoms with Crippen LogP contribution in [0.1, 0.15) is 28.8 Å². The second-order valence-electron chi connectivity index (χ2n) is 4.57. The van der Waals surface area contributed by atoms with Crippen LogP contribution in [0.4, 0.5) is 0 Å². The molecule has 0 saturated carbocycles. The SMILES string of the molecule is NCCc1ccccc1C(=O)N[C@H](CCC(N)=O)C(=O)O. The number of amides is 2. The van der Waals surface area contributed by atoms with Crippen LogP contribution in [-0.2, 0) is 16.0 Å². The lowest BCUT2D eigenvalue weighted by molar-refractivity contribution is -0.139. The summed E-state index contributed by atoms with van der Waals surface area (Å²) in [6, 6.07) is 5.68. The van der Waals surface area contributed by atoms with Gasteiger partial charge in [-0.2, -0.15) is 0 Å². The molecule has 0 aliphatic carbocycles. The van der Waals surface area contributed by atoms with Gasteiger partial charge in [-0.15, -0.1) is 0 Å². The van der Waals surface area contributed by atoms with Gasteiger partial charge in [0.1, 0.15) is 6.04 Å². The number of nitrogens with one attached hydrogen (secondary N) is 1. The van der Waals surface area contributed by atoms with Crippen molar-refractivity contribution in [1.29, 1.82) is 0 Å². The molecule has 0 aliphatic heterocycles. The van der Waals surface area contributed by atoms with Crippen molar-refractivity contribution in [3.05, 3.63) is 35.4 Å². The maximum absolute atomic E-state index is 12.2. The van der Waals surface area contributed by atoms with E-state index in [1.165, 1.54) is 0 Å². The summed E-state index contributed by atoms with van der Waals surface area (Å²) >= 11 is 0. The average molecular weight is 293 g/mol. The topological polar surface area (TPSA) is 136 Å². The van der Waals surface area contributed by atoms with Crippen molar-refractivity contribution in [2.24, 2.45) is 11.5 Å². The summed E-state index contributed by atoms with van der Waals surface area (Å²) in [6.45, 7) is 0.383. The third kappa shape index (κ3) is 5.23. The summed E-state index contributed by atoms with van der Waals surface area (Å²) < 4.78 is 0. The molecule has 0 heterocycles. The van der Waals surface area contributed by atoms with E-state index in [0.717, 1.165) is 5.56 Å². The summed E-state index contributed by atoms with van der Waals surface area (Å²) in [5.41, 5.74) is 11.6. The number of hydrogen-bond acceptors (Lipinski definition) is 4. The van der Waals surface area contributed by atoms with Crippen LogP contribution in [0.5, 0.6) is 0 Å². The predicted octanol–water partition coefficient (Wildman–Crippen LogP) is -0.364. The van der Waals surface area contributed by atoms with Gasteiger partial charge in [-0.1, -0.05) is 18.2 Å². The number of rotatable bonds is 8. The molecule has 21 heavy (non-hydrogen) atoms. The lowest BCUT2D eigenvalue weighted by atomic mass is 10.0. The molecule has 7 heteroatoms. The summed E-state index contributed by atoms with van der Waals surface area (Å²) in [4.78, 5) is 34.0. The van der Waals surface area contributed by atoms with Crippen molar-refractivity contribution in [2.75, 3.05) is 6.54 Å². The Kier molecular flexibility index (Phi) is 6.35. The molecule has 0 radical (unpaired) electrons. The van der Waals surface area contributed by atoms with Crippen LogP contribution >= 0.6 is 0 Å². The Bertz CT molecular complexity index is 531. The van der Waals surface area contributed by atoms with E-state index in [9.17, 15) is 14.4 Å². The highest BCUT2D eigenvalue weighted by molar-refractivity contribution is 5.98. The van der Waals surface area contributed by atoms with Gasteiger partial charge in [-0.05, 0) is 31.0 Å². The van der Waals surface area contributed by atoms with Gasteiger partial charge in [0.15, 0.2) is 0 Å². The zero-order valence-electron chi connectivity index (χ0n) is 11.5. The van der Waals surface area contributed by atoms with Gasteiger partial charge in [0.25, 0.3) is 5.91 Å². The van der Waals surface area contributed by atoms with E-state index in [1.54, 1.807) is 24.3 Å². The lowest BCUT2D eigenvalue weighted by Crippen LogP contribution is -2.41. The molecule has 0 aromatic heterocycles. The number of primary amides is 1. The van der Waals surface area contributed by atoms with Gasteiger partial charge in [0.05, 0.1) is 0 Å². The molecule has 0 bridgehead atoms. The normalized spacial score (nSPS) is 11.7. The van der Waals surface area contributed by atoms with Gasteiger partial charge in [-0.25, -0.2) is 4.79 Å². The third-order valence-corrected chi connectivity index (χ3v) is 2.96. The number of carboxylic acid groups (broad SMARTS) is 1. The highest BCUT2D eigenvalue weighted by Gasteiger charge is 2.22. The van der Waals surface area contributed by atoms with Crippen molar-refractivity contribution in [2.45, 2.75) is 25.3 Å². The maximum Gasteiger partial charge on any atom is 0.326 e. The van der Waals surface area contributed by atoms with Crippen molar-refractivity contribution in [3.8, 4) is 0 Å². The molecule has 0 unspecified atom stereocenters. The molecule has 0 aliphatic rings. The minimum Gasteiger partial charge on any atom is -0.480 e. The Morgan fingerprint density at radius 1 is 1.24 bits per heavy atom. The van der Waals surface area contributed by atoms with Gasteiger partial charge in [0, 0.05) is 12.0 Å². The van der Waals surface area contributed by atoms with Crippen molar-refractivity contribution in [3.63, 3.8) is 0 Å². The van der Waals surface area contributed by atoms with E-state index < -0.39 is 23.8 Å². The molecule has 114 valence electrons. The number of aliphatic carboxylic acids is 1. The van der Waals surface area contributed by atoms with Crippen LogP contribution in [0.15, 0.2) is 24.3 Å². The molecule has 7 nitrogen and oxygen atoms in total. The molecule has 1 rings (SSSR count). The molecular formula is C14H19N3O4. The second-order valence-corrected chi connectivity index (χ2v) is 4.57. The Morgan fingerprint density at radius 2 is 1.90 bits per heavy atom. The molecule has 1 aromatic rings. The quantitative estimate of drug-likeness (QED) is 0.519. The number of carboxylic acids is 1. The molecule has 2 amide bonds. The Hall–Kier alpha value is -2.41. The monoisotopic (exact) mass is 293 g/mol. The van der Waals surface area contributed by atoms with Gasteiger partial charge in [-0.3, -0.25) is 9.59 Å². The molecule has 0 fully saturated rings. The van der Waals surface area contributed by atoms with E-state index >= 15 is 0 Å². The number of nitrogens with two attached hydrogens (primary N) is 2. The fourth-order valence-corrected chi connectivity index (χ4v) is 1.90. The van der Waals surface area contributed by atoms with Crippen molar-refractivity contribution < 1.29 is 19.5 Å². The minimum atomic E-state index is -1.21. The highest BCUT2D eigenvalue weighted by Crippen LogP contribution is 2.10. The van der Waals surface area contributed by atoms with E-state index in [1.807, 2.05) is 0 Å². The van der Waals surface area contributed by atoms with Crippen molar-refractivity contribution in [1.82, 2.24) is 5.32 Å². The minimum absolute atomic E-state index is 0.0462. The summed E-state index contributed by atoms with van der Waals surface area (Å²) in [7, 11) is 0. The Labute approximate surface area is 122 Å². The number of hydrogen-bond donors (Lipinski definition) is 4. The van der Waals surface area contributed by atoms with Crippen LogP contribution in [0.3, 0.4) is 0 Å². The molecule has 1 aromatic carbocycles. The summed E-state index contributed by atoms with van der Waals surface area (Å²) in [5, 5.41) is 11.5. The first kappa shape index (κ1) is 16.6. The fourth-order valence-electron chi connectivity index (χ4n) is 1.90. The average Bonchev–Trinajstić information content (AvgIpc) is 2.43. The molecule has 0 spiro atoms. The standard InChI is InChI=1S/C14H19N3O4/c15-8-7-9-3-1-2-4-10(9)13(19)17-11(14(20)21)5-6-12(16)18/h1-4,11H,5-8,15H2,(H2,16,18)(H,17,19)(H,20,21)/t11-/m1/s1. The lowest BCUT2D eigenvalue weighted by Gasteiger charge is -2.15. The molecule has 6 N–H and O–H groups in total. The zero-order valence-corrected chi connectivity index (χ0v) is 11.5. The number of carbonyl (C=O) groups is 3. The maximum atomic E-state index is 12.2. The van der Waals surface area contributed by atoms with Crippen LogP contribution in [0, 0.1) is 0 Å². The number of carbonyl (C=O) groups excluding carboxylic acids is 2. The van der Waals surface area contributed by atoms with E-state index in [2.05, 4.69) is 5.32 Å². The second kappa shape index (κ2) is 8.01. The smallest absolute Gasteiger partial charge is 0.326 e. The molecule has 0 saturated heterocycles. The largest absolute Gasteiger partial charge is 0.480 e. The van der Waals surface area contributed by atoms with Crippen molar-refractivity contribution >= 4 is 17.8 Å². The molecule has 1 atom stereocenters. The van der Waals surface area contributed by atoms with Crippen LogP contribution in [-0.4, -0.2) is 35.5 Å². The summed E-state index contributed by atoms with van der Waals surface area (Å²) in [6.07, 6.45) is 0.361. The molecular weight excluding hydrogens is 274 g/mol. The third-order valence-electron chi connectivity index (χ3n) is 2.96. The van der Waals surface area contributed by atoms with E-state index in [4.69, 9.17) is 16.6 Å². The van der Waals surface area contributed by atoms with Crippen LogP contribution in [0.2, 0.25) is 0 Å². The van der Waals surface area contributed by atoms with Crippen LogP contribution in [0.25, 0.3) is 0 Å². The van der Waals surface area contributed by atoms with E-state index in [0.29, 0.717) is 18.5 Å². The first-order valence-electron chi connectivity index (χ1n) is 6.55. The highest BCUT2D eigenvalue weighted by atomic mass is 16.4. The Morgan fingerprint density at radius 3 is 2.48 bits per heavy atom. The van der Waals surface area contributed by atoms with Gasteiger partial charge in [0.2, 0.25) is 5.91 Å². The summed E-state index contributed by atoms with van der Waals surface area (Å²) in [5.74, 6) is -2.32. The Balaban J connectivity index is 2.82.